The Morgan fingerprint density at radius 1 is 1.32 bits per heavy atom. The Balaban J connectivity index is 2.22. The predicted molar refractivity (Wildman–Crippen MR) is 82.2 cm³/mol. The number of thiocarbonyl (C=S) groups is 1. The molecule has 1 saturated carbocycles. The van der Waals surface area contributed by atoms with E-state index in [1.54, 1.807) is 0 Å². The van der Waals surface area contributed by atoms with Crippen molar-refractivity contribution in [1.29, 1.82) is 0 Å². The quantitative estimate of drug-likeness (QED) is 0.834. The lowest BCUT2D eigenvalue weighted by Crippen LogP contribution is -2.44. The van der Waals surface area contributed by atoms with Gasteiger partial charge < -0.3 is 11.1 Å². The maximum atomic E-state index is 12.5. The first kappa shape index (κ1) is 14.0. The van der Waals surface area contributed by atoms with Crippen molar-refractivity contribution < 1.29 is 4.79 Å². The zero-order valence-electron chi connectivity index (χ0n) is 11.5. The van der Waals surface area contributed by atoms with E-state index < -0.39 is 5.41 Å². The number of amides is 1. The summed E-state index contributed by atoms with van der Waals surface area (Å²) in [5, 5.41) is 3.00. The van der Waals surface area contributed by atoms with Crippen molar-refractivity contribution in [2.75, 3.05) is 5.32 Å². The van der Waals surface area contributed by atoms with E-state index in [2.05, 4.69) is 11.4 Å². The molecule has 0 saturated heterocycles. The number of rotatable bonds is 3. The fourth-order valence-corrected chi connectivity index (χ4v) is 3.06. The Kier molecular flexibility index (Phi) is 3.90. The van der Waals surface area contributed by atoms with E-state index in [1.807, 2.05) is 26.0 Å². The number of anilines is 1. The second kappa shape index (κ2) is 5.29. The van der Waals surface area contributed by atoms with Crippen LogP contribution in [0.3, 0.4) is 0 Å². The van der Waals surface area contributed by atoms with Crippen LogP contribution < -0.4 is 11.1 Å². The molecule has 1 amide bonds. The summed E-state index contributed by atoms with van der Waals surface area (Å²) in [4.78, 5) is 12.9. The second-order valence-corrected chi connectivity index (χ2v) is 5.87. The van der Waals surface area contributed by atoms with Crippen molar-refractivity contribution >= 4 is 28.8 Å². The third-order valence-corrected chi connectivity index (χ3v) is 4.38. The van der Waals surface area contributed by atoms with Crippen molar-refractivity contribution in [3.8, 4) is 0 Å². The number of aryl methyl sites for hydroxylation is 2. The number of hydrogen-bond donors (Lipinski definition) is 2. The summed E-state index contributed by atoms with van der Waals surface area (Å²) in [7, 11) is 0. The molecule has 0 spiro atoms. The van der Waals surface area contributed by atoms with Crippen LogP contribution in [-0.2, 0) is 4.79 Å². The van der Waals surface area contributed by atoms with Gasteiger partial charge in [-0.1, -0.05) is 42.8 Å². The molecule has 0 unspecified atom stereocenters. The highest BCUT2D eigenvalue weighted by Crippen LogP contribution is 2.39. The molecular weight excluding hydrogens is 256 g/mol. The van der Waals surface area contributed by atoms with Crippen LogP contribution in [0.5, 0.6) is 0 Å². The van der Waals surface area contributed by atoms with E-state index in [-0.39, 0.29) is 5.91 Å². The molecule has 3 N–H and O–H groups in total. The standard InChI is InChI=1S/C15H20N2OS/c1-10-5-6-12(11(2)9-10)17-14(18)15(13(16)19)7-3-4-8-15/h5-6,9H,3-4,7-8H2,1-2H3,(H2,16,19)(H,17,18). The van der Waals surface area contributed by atoms with Crippen LogP contribution in [0.1, 0.15) is 36.8 Å². The summed E-state index contributed by atoms with van der Waals surface area (Å²) in [6.45, 7) is 4.02. The van der Waals surface area contributed by atoms with Gasteiger partial charge in [-0.25, -0.2) is 0 Å². The first-order chi connectivity index (χ1) is 8.95. The van der Waals surface area contributed by atoms with Crippen LogP contribution >= 0.6 is 12.2 Å². The van der Waals surface area contributed by atoms with E-state index in [0.29, 0.717) is 4.99 Å². The lowest BCUT2D eigenvalue weighted by molar-refractivity contribution is -0.122. The third-order valence-electron chi connectivity index (χ3n) is 3.99. The largest absolute Gasteiger partial charge is 0.392 e. The highest BCUT2D eigenvalue weighted by atomic mass is 32.1. The zero-order valence-corrected chi connectivity index (χ0v) is 12.3. The Morgan fingerprint density at radius 3 is 2.47 bits per heavy atom. The minimum atomic E-state index is -0.646. The van der Waals surface area contributed by atoms with E-state index in [9.17, 15) is 4.79 Å². The Labute approximate surface area is 119 Å². The predicted octanol–water partition coefficient (Wildman–Crippen LogP) is 3.09. The molecular formula is C15H20N2OS. The van der Waals surface area contributed by atoms with Gasteiger partial charge in [0.2, 0.25) is 5.91 Å². The Morgan fingerprint density at radius 2 is 1.95 bits per heavy atom. The maximum absolute atomic E-state index is 12.5. The minimum Gasteiger partial charge on any atom is -0.392 e. The van der Waals surface area contributed by atoms with Gasteiger partial charge in [0.25, 0.3) is 0 Å². The molecule has 0 bridgehead atoms. The first-order valence-electron chi connectivity index (χ1n) is 6.64. The monoisotopic (exact) mass is 276 g/mol. The normalized spacial score (nSPS) is 17.2. The molecule has 0 aromatic heterocycles. The first-order valence-corrected chi connectivity index (χ1v) is 7.05. The Hall–Kier alpha value is -1.42. The third kappa shape index (κ3) is 2.63. The molecule has 1 aliphatic carbocycles. The summed E-state index contributed by atoms with van der Waals surface area (Å²) in [6.07, 6.45) is 3.55. The summed E-state index contributed by atoms with van der Waals surface area (Å²) in [5.41, 5.74) is 8.26. The van der Waals surface area contributed by atoms with Gasteiger partial charge in [0.05, 0.1) is 10.4 Å². The number of carbonyl (C=O) groups is 1. The minimum absolute atomic E-state index is 0.0514. The average molecular weight is 276 g/mol. The number of carbonyl (C=O) groups excluding carboxylic acids is 1. The van der Waals surface area contributed by atoms with E-state index in [0.717, 1.165) is 36.9 Å². The van der Waals surface area contributed by atoms with Gasteiger partial charge in [-0.05, 0) is 38.3 Å². The van der Waals surface area contributed by atoms with Gasteiger partial charge in [-0.15, -0.1) is 0 Å². The molecule has 102 valence electrons. The van der Waals surface area contributed by atoms with Gasteiger partial charge in [0, 0.05) is 5.69 Å². The van der Waals surface area contributed by atoms with Crippen LogP contribution in [0, 0.1) is 19.3 Å². The summed E-state index contributed by atoms with van der Waals surface area (Å²) >= 11 is 5.13. The average Bonchev–Trinajstić information content (AvgIpc) is 2.83. The van der Waals surface area contributed by atoms with Crippen molar-refractivity contribution in [2.24, 2.45) is 11.1 Å². The van der Waals surface area contributed by atoms with Gasteiger partial charge in [-0.2, -0.15) is 0 Å². The molecule has 0 radical (unpaired) electrons. The molecule has 4 heteroatoms. The molecule has 1 aromatic rings. The van der Waals surface area contributed by atoms with E-state index in [4.69, 9.17) is 18.0 Å². The molecule has 1 aromatic carbocycles. The lowest BCUT2D eigenvalue weighted by atomic mass is 9.85. The number of nitrogens with two attached hydrogens (primary N) is 1. The molecule has 0 aliphatic heterocycles. The van der Waals surface area contributed by atoms with E-state index >= 15 is 0 Å². The SMILES string of the molecule is Cc1ccc(NC(=O)C2(C(N)=S)CCCC2)c(C)c1. The maximum Gasteiger partial charge on any atom is 0.237 e. The molecule has 2 rings (SSSR count). The van der Waals surface area contributed by atoms with Crippen LogP contribution in [-0.4, -0.2) is 10.9 Å². The van der Waals surface area contributed by atoms with E-state index in [1.165, 1.54) is 5.56 Å². The molecule has 19 heavy (non-hydrogen) atoms. The summed E-state index contributed by atoms with van der Waals surface area (Å²) < 4.78 is 0. The van der Waals surface area contributed by atoms with Gasteiger partial charge in [0.15, 0.2) is 0 Å². The molecule has 1 aliphatic rings. The Bertz CT molecular complexity index is 519. The summed E-state index contributed by atoms with van der Waals surface area (Å²) in [6, 6.07) is 5.98. The van der Waals surface area contributed by atoms with Crippen molar-refractivity contribution in [3.63, 3.8) is 0 Å². The lowest BCUT2D eigenvalue weighted by Gasteiger charge is -2.26. The number of hydrogen-bond acceptors (Lipinski definition) is 2. The van der Waals surface area contributed by atoms with Crippen LogP contribution in [0.2, 0.25) is 0 Å². The molecule has 1 fully saturated rings. The van der Waals surface area contributed by atoms with Crippen molar-refractivity contribution in [1.82, 2.24) is 0 Å². The topological polar surface area (TPSA) is 55.1 Å². The second-order valence-electron chi connectivity index (χ2n) is 5.43. The van der Waals surface area contributed by atoms with Gasteiger partial charge >= 0.3 is 0 Å². The van der Waals surface area contributed by atoms with Crippen LogP contribution in [0.15, 0.2) is 18.2 Å². The van der Waals surface area contributed by atoms with Crippen molar-refractivity contribution in [3.05, 3.63) is 29.3 Å². The fraction of sp³-hybridized carbons (Fsp3) is 0.467. The molecule has 0 atom stereocenters. The highest BCUT2D eigenvalue weighted by molar-refractivity contribution is 7.80. The van der Waals surface area contributed by atoms with Crippen molar-refractivity contribution in [2.45, 2.75) is 39.5 Å². The highest BCUT2D eigenvalue weighted by Gasteiger charge is 2.44. The zero-order chi connectivity index (χ0) is 14.0. The molecule has 0 heterocycles. The fourth-order valence-electron chi connectivity index (χ4n) is 2.76. The van der Waals surface area contributed by atoms with Crippen LogP contribution in [0.4, 0.5) is 5.69 Å². The van der Waals surface area contributed by atoms with Gasteiger partial charge in [-0.3, -0.25) is 4.79 Å². The molecule has 3 nitrogen and oxygen atoms in total. The summed E-state index contributed by atoms with van der Waals surface area (Å²) in [5.74, 6) is -0.0514. The smallest absolute Gasteiger partial charge is 0.237 e. The number of benzene rings is 1. The van der Waals surface area contributed by atoms with Gasteiger partial charge in [0.1, 0.15) is 0 Å². The van der Waals surface area contributed by atoms with Crippen LogP contribution in [0.25, 0.3) is 0 Å². The number of nitrogens with one attached hydrogen (secondary N) is 1.